The number of ketones is 1. The average molecular weight is 369 g/mol. The third-order valence-corrected chi connectivity index (χ3v) is 3.97. The molecule has 0 bridgehead atoms. The highest BCUT2D eigenvalue weighted by atomic mass is 16.5. The molecule has 0 aliphatic carbocycles. The number of hydrogen-bond acceptors (Lipinski definition) is 5. The van der Waals surface area contributed by atoms with Gasteiger partial charge >= 0.3 is 5.97 Å². The largest absolute Gasteiger partial charge is 0.496 e. The predicted octanol–water partition coefficient (Wildman–Crippen LogP) is 2.72. The van der Waals surface area contributed by atoms with E-state index in [1.54, 1.807) is 24.3 Å². The minimum atomic E-state index is -0.601. The lowest BCUT2D eigenvalue weighted by atomic mass is 10.1. The molecule has 6 nitrogen and oxygen atoms in total. The van der Waals surface area contributed by atoms with Crippen molar-refractivity contribution in [3.8, 4) is 5.75 Å². The van der Waals surface area contributed by atoms with Gasteiger partial charge in [-0.05, 0) is 31.0 Å². The van der Waals surface area contributed by atoms with E-state index in [1.807, 2.05) is 25.1 Å². The topological polar surface area (TPSA) is 81.7 Å². The van der Waals surface area contributed by atoms with Gasteiger partial charge in [0.2, 0.25) is 5.91 Å². The quantitative estimate of drug-likeness (QED) is 0.571. The van der Waals surface area contributed by atoms with Crippen molar-refractivity contribution in [2.24, 2.45) is 0 Å². The number of Topliss-reactive ketones (excluding diaryl/α,β-unsaturated/α-hetero) is 1. The fourth-order valence-electron chi connectivity index (χ4n) is 2.51. The van der Waals surface area contributed by atoms with Gasteiger partial charge in [0, 0.05) is 19.0 Å². The zero-order chi connectivity index (χ0) is 19.8. The highest BCUT2D eigenvalue weighted by Gasteiger charge is 2.16. The van der Waals surface area contributed by atoms with Crippen molar-refractivity contribution >= 4 is 17.7 Å². The Kier molecular flexibility index (Phi) is 7.11. The number of carbonyl (C=O) groups is 3. The molecule has 0 saturated carbocycles. The molecule has 27 heavy (non-hydrogen) atoms. The number of carbonyl (C=O) groups excluding carboxylic acids is 3. The van der Waals surface area contributed by atoms with Crippen LogP contribution < -0.4 is 10.1 Å². The molecule has 0 atom stereocenters. The summed E-state index contributed by atoms with van der Waals surface area (Å²) in [4.78, 5) is 35.4. The third-order valence-electron chi connectivity index (χ3n) is 3.97. The van der Waals surface area contributed by atoms with E-state index in [2.05, 4.69) is 5.32 Å². The summed E-state index contributed by atoms with van der Waals surface area (Å²) in [5.74, 6) is -0.561. The summed E-state index contributed by atoms with van der Waals surface area (Å²) in [6, 6.07) is 12.2. The zero-order valence-corrected chi connectivity index (χ0v) is 15.7. The van der Waals surface area contributed by atoms with E-state index in [0.717, 1.165) is 11.1 Å². The van der Waals surface area contributed by atoms with E-state index >= 15 is 0 Å². The molecule has 2 aromatic rings. The van der Waals surface area contributed by atoms with Crippen molar-refractivity contribution in [3.05, 3.63) is 64.7 Å². The Balaban J connectivity index is 1.92. The van der Waals surface area contributed by atoms with Crippen molar-refractivity contribution in [1.82, 2.24) is 5.32 Å². The minimum absolute atomic E-state index is 0.0751. The highest BCUT2D eigenvalue weighted by Crippen LogP contribution is 2.20. The Hall–Kier alpha value is -3.15. The van der Waals surface area contributed by atoms with Gasteiger partial charge in [-0.15, -0.1) is 0 Å². The highest BCUT2D eigenvalue weighted by molar-refractivity contribution is 6.00. The fourth-order valence-corrected chi connectivity index (χ4v) is 2.51. The van der Waals surface area contributed by atoms with Gasteiger partial charge in [0.1, 0.15) is 11.3 Å². The van der Waals surface area contributed by atoms with Gasteiger partial charge in [0.15, 0.2) is 12.4 Å². The van der Waals surface area contributed by atoms with Gasteiger partial charge in [-0.1, -0.05) is 35.9 Å². The molecule has 0 saturated heterocycles. The van der Waals surface area contributed by atoms with Crippen LogP contribution in [0.1, 0.15) is 38.8 Å². The van der Waals surface area contributed by atoms with E-state index in [1.165, 1.54) is 14.0 Å². The van der Waals surface area contributed by atoms with Gasteiger partial charge in [0.25, 0.3) is 0 Å². The first-order valence-electron chi connectivity index (χ1n) is 8.59. The van der Waals surface area contributed by atoms with Crippen LogP contribution in [0, 0.1) is 6.92 Å². The summed E-state index contributed by atoms with van der Waals surface area (Å²) < 4.78 is 10.3. The second-order valence-electron chi connectivity index (χ2n) is 6.13. The summed E-state index contributed by atoms with van der Waals surface area (Å²) in [7, 11) is 1.47. The molecule has 6 heteroatoms. The maximum absolute atomic E-state index is 12.3. The molecular weight excluding hydrogens is 346 g/mol. The van der Waals surface area contributed by atoms with E-state index in [0.29, 0.717) is 29.8 Å². The Morgan fingerprint density at radius 3 is 2.37 bits per heavy atom. The molecule has 0 aliphatic rings. The van der Waals surface area contributed by atoms with Crippen LogP contribution in [0.4, 0.5) is 0 Å². The molecule has 0 unspecified atom stereocenters. The maximum Gasteiger partial charge on any atom is 0.342 e. The number of amides is 1. The predicted molar refractivity (Wildman–Crippen MR) is 101 cm³/mol. The molecule has 0 spiro atoms. The molecule has 2 aromatic carbocycles. The summed E-state index contributed by atoms with van der Waals surface area (Å²) in [6.45, 7) is 3.52. The molecule has 0 heterocycles. The second kappa shape index (κ2) is 9.52. The molecule has 0 aromatic heterocycles. The van der Waals surface area contributed by atoms with Crippen molar-refractivity contribution in [1.29, 1.82) is 0 Å². The Labute approximate surface area is 158 Å². The third kappa shape index (κ3) is 5.95. The van der Waals surface area contributed by atoms with Crippen LogP contribution in [0.2, 0.25) is 0 Å². The smallest absolute Gasteiger partial charge is 0.342 e. The second-order valence-corrected chi connectivity index (χ2v) is 6.13. The van der Waals surface area contributed by atoms with Gasteiger partial charge in [-0.2, -0.15) is 0 Å². The van der Waals surface area contributed by atoms with Crippen LogP contribution in [-0.2, 0) is 16.0 Å². The lowest BCUT2D eigenvalue weighted by Gasteiger charge is -2.09. The van der Waals surface area contributed by atoms with E-state index < -0.39 is 5.97 Å². The SMILES string of the molecule is COc1ccc(C)cc1C(=O)OCC(=O)c1ccc(CCNC(C)=O)cc1. The summed E-state index contributed by atoms with van der Waals surface area (Å²) in [6.07, 6.45) is 0.677. The number of esters is 1. The van der Waals surface area contributed by atoms with E-state index in [-0.39, 0.29) is 18.3 Å². The van der Waals surface area contributed by atoms with Crippen LogP contribution in [-0.4, -0.2) is 37.9 Å². The lowest BCUT2D eigenvalue weighted by molar-refractivity contribution is -0.118. The van der Waals surface area contributed by atoms with Crippen LogP contribution in [0.15, 0.2) is 42.5 Å². The minimum Gasteiger partial charge on any atom is -0.496 e. The number of nitrogens with one attached hydrogen (secondary N) is 1. The van der Waals surface area contributed by atoms with Crippen LogP contribution in [0.3, 0.4) is 0 Å². The first kappa shape index (κ1) is 20.2. The normalized spacial score (nSPS) is 10.2. The van der Waals surface area contributed by atoms with Crippen LogP contribution in [0.25, 0.3) is 0 Å². The van der Waals surface area contributed by atoms with Crippen LogP contribution in [0.5, 0.6) is 5.75 Å². The zero-order valence-electron chi connectivity index (χ0n) is 15.7. The molecule has 1 N–H and O–H groups in total. The van der Waals surface area contributed by atoms with Crippen molar-refractivity contribution < 1.29 is 23.9 Å². The lowest BCUT2D eigenvalue weighted by Crippen LogP contribution is -2.22. The average Bonchev–Trinajstić information content (AvgIpc) is 2.66. The maximum atomic E-state index is 12.3. The number of benzene rings is 2. The molecule has 1 amide bonds. The summed E-state index contributed by atoms with van der Waals surface area (Å²) >= 11 is 0. The number of aryl methyl sites for hydroxylation is 1. The number of ether oxygens (including phenoxy) is 2. The molecule has 0 aliphatic heterocycles. The Morgan fingerprint density at radius 1 is 1.04 bits per heavy atom. The molecule has 2 rings (SSSR count). The fraction of sp³-hybridized carbons (Fsp3) is 0.286. The molecule has 0 radical (unpaired) electrons. The Morgan fingerprint density at radius 2 is 1.74 bits per heavy atom. The van der Waals surface area contributed by atoms with Crippen molar-refractivity contribution in [2.75, 3.05) is 20.3 Å². The van der Waals surface area contributed by atoms with Gasteiger partial charge in [-0.3, -0.25) is 9.59 Å². The van der Waals surface area contributed by atoms with Gasteiger partial charge < -0.3 is 14.8 Å². The Bertz CT molecular complexity index is 827. The molecule has 142 valence electrons. The first-order valence-corrected chi connectivity index (χ1v) is 8.59. The summed E-state index contributed by atoms with van der Waals surface area (Å²) in [5, 5.41) is 2.72. The van der Waals surface area contributed by atoms with Crippen molar-refractivity contribution in [3.63, 3.8) is 0 Å². The molecule has 0 fully saturated rings. The van der Waals surface area contributed by atoms with E-state index in [4.69, 9.17) is 9.47 Å². The first-order chi connectivity index (χ1) is 12.9. The number of rotatable bonds is 8. The van der Waals surface area contributed by atoms with Crippen LogP contribution >= 0.6 is 0 Å². The van der Waals surface area contributed by atoms with E-state index in [9.17, 15) is 14.4 Å². The van der Waals surface area contributed by atoms with Gasteiger partial charge in [0.05, 0.1) is 7.11 Å². The monoisotopic (exact) mass is 369 g/mol. The number of hydrogen-bond donors (Lipinski definition) is 1. The van der Waals surface area contributed by atoms with Gasteiger partial charge in [-0.25, -0.2) is 4.79 Å². The van der Waals surface area contributed by atoms with Crippen molar-refractivity contribution in [2.45, 2.75) is 20.3 Å². The number of methoxy groups -OCH3 is 1. The standard InChI is InChI=1S/C21H23NO5/c1-14-4-9-20(26-3)18(12-14)21(25)27-13-19(24)17-7-5-16(6-8-17)10-11-22-15(2)23/h4-9,12H,10-11,13H2,1-3H3,(H,22,23). The molecular formula is C21H23NO5. The summed E-state index contributed by atoms with van der Waals surface area (Å²) in [5.41, 5.74) is 2.65.